The van der Waals surface area contributed by atoms with Gasteiger partial charge >= 0.3 is 0 Å². The van der Waals surface area contributed by atoms with E-state index >= 15 is 0 Å². The van der Waals surface area contributed by atoms with Crippen LogP contribution in [0.1, 0.15) is 51.9 Å². The molecule has 0 radical (unpaired) electrons. The second-order valence-electron chi connectivity index (χ2n) is 5.35. The second-order valence-corrected chi connectivity index (χ2v) is 5.35. The smallest absolute Gasteiger partial charge is 0.0576 e. The van der Waals surface area contributed by atoms with Crippen LogP contribution < -0.4 is 5.32 Å². The highest BCUT2D eigenvalue weighted by Gasteiger charge is 2.19. The zero-order chi connectivity index (χ0) is 10.5. The number of ether oxygens (including phenoxy) is 1. The monoisotopic (exact) mass is 211 g/mol. The largest absolute Gasteiger partial charge is 0.378 e. The maximum absolute atomic E-state index is 5.64. The Morgan fingerprint density at radius 3 is 2.93 bits per heavy atom. The van der Waals surface area contributed by atoms with Gasteiger partial charge in [0.05, 0.1) is 6.10 Å². The number of hydrogen-bond acceptors (Lipinski definition) is 2. The van der Waals surface area contributed by atoms with Gasteiger partial charge in [0, 0.05) is 12.6 Å². The van der Waals surface area contributed by atoms with E-state index in [2.05, 4.69) is 12.2 Å². The van der Waals surface area contributed by atoms with E-state index in [1.54, 1.807) is 0 Å². The quantitative estimate of drug-likeness (QED) is 0.772. The van der Waals surface area contributed by atoms with Crippen molar-refractivity contribution in [3.63, 3.8) is 0 Å². The minimum atomic E-state index is 0.589. The van der Waals surface area contributed by atoms with Crippen LogP contribution in [0.15, 0.2) is 0 Å². The summed E-state index contributed by atoms with van der Waals surface area (Å²) in [6.07, 6.45) is 9.89. The molecule has 2 nitrogen and oxygen atoms in total. The maximum atomic E-state index is 5.64. The van der Waals surface area contributed by atoms with Crippen LogP contribution in [-0.2, 0) is 4.74 Å². The minimum Gasteiger partial charge on any atom is -0.378 e. The van der Waals surface area contributed by atoms with Crippen LogP contribution >= 0.6 is 0 Å². The first-order chi connectivity index (χ1) is 7.34. The summed E-state index contributed by atoms with van der Waals surface area (Å²) in [5, 5.41) is 3.63. The topological polar surface area (TPSA) is 21.3 Å². The molecule has 88 valence electrons. The zero-order valence-corrected chi connectivity index (χ0v) is 10.0. The van der Waals surface area contributed by atoms with Gasteiger partial charge in [-0.25, -0.2) is 0 Å². The molecule has 0 aromatic rings. The van der Waals surface area contributed by atoms with Crippen molar-refractivity contribution in [3.8, 4) is 0 Å². The lowest BCUT2D eigenvalue weighted by Crippen LogP contribution is -2.37. The molecule has 1 N–H and O–H groups in total. The van der Waals surface area contributed by atoms with Gasteiger partial charge in [0.2, 0.25) is 0 Å². The predicted molar refractivity (Wildman–Crippen MR) is 63.0 cm³/mol. The van der Waals surface area contributed by atoms with Crippen LogP contribution in [-0.4, -0.2) is 25.3 Å². The molecule has 2 heteroatoms. The summed E-state index contributed by atoms with van der Waals surface area (Å²) in [5.74, 6) is 0.930. The van der Waals surface area contributed by atoms with Crippen molar-refractivity contribution in [2.24, 2.45) is 5.92 Å². The Kier molecular flexibility index (Phi) is 4.45. The van der Waals surface area contributed by atoms with E-state index in [1.165, 1.54) is 51.5 Å². The molecule has 0 aromatic heterocycles. The van der Waals surface area contributed by atoms with Crippen LogP contribution in [0, 0.1) is 5.92 Å². The lowest BCUT2D eigenvalue weighted by atomic mass is 9.91. The molecule has 0 aliphatic carbocycles. The van der Waals surface area contributed by atoms with E-state index in [9.17, 15) is 0 Å². The second kappa shape index (κ2) is 5.86. The summed E-state index contributed by atoms with van der Waals surface area (Å²) in [5.41, 5.74) is 0. The average Bonchev–Trinajstić information content (AvgIpc) is 2.71. The van der Waals surface area contributed by atoms with Crippen molar-refractivity contribution < 1.29 is 4.74 Å². The van der Waals surface area contributed by atoms with E-state index in [-0.39, 0.29) is 0 Å². The van der Waals surface area contributed by atoms with E-state index in [0.717, 1.165) is 18.6 Å². The van der Waals surface area contributed by atoms with Crippen molar-refractivity contribution >= 4 is 0 Å². The number of nitrogens with one attached hydrogen (secondary N) is 1. The fourth-order valence-corrected chi connectivity index (χ4v) is 2.90. The van der Waals surface area contributed by atoms with Gasteiger partial charge in [-0.3, -0.25) is 0 Å². The first-order valence-electron chi connectivity index (χ1n) is 6.69. The third kappa shape index (κ3) is 3.76. The summed E-state index contributed by atoms with van der Waals surface area (Å²) in [4.78, 5) is 0. The molecule has 0 spiro atoms. The first kappa shape index (κ1) is 11.4. The molecular weight excluding hydrogens is 186 g/mol. The molecule has 15 heavy (non-hydrogen) atoms. The zero-order valence-electron chi connectivity index (χ0n) is 10.0. The third-order valence-corrected chi connectivity index (χ3v) is 3.86. The van der Waals surface area contributed by atoms with Crippen LogP contribution in [0.5, 0.6) is 0 Å². The SMILES string of the molecule is CC1CCNC(CCCC2CCCO2)C1. The van der Waals surface area contributed by atoms with E-state index in [0.29, 0.717) is 6.10 Å². The predicted octanol–water partition coefficient (Wildman–Crippen LogP) is 2.72. The van der Waals surface area contributed by atoms with Crippen molar-refractivity contribution in [3.05, 3.63) is 0 Å². The summed E-state index contributed by atoms with van der Waals surface area (Å²) in [7, 11) is 0. The van der Waals surface area contributed by atoms with Crippen molar-refractivity contribution in [2.75, 3.05) is 13.2 Å². The van der Waals surface area contributed by atoms with Crippen molar-refractivity contribution in [2.45, 2.75) is 64.0 Å². The standard InChI is InChI=1S/C13H25NO/c1-11-7-8-14-12(10-11)4-2-5-13-6-3-9-15-13/h11-14H,2-10H2,1H3. The lowest BCUT2D eigenvalue weighted by Gasteiger charge is -2.28. The molecule has 2 aliphatic rings. The van der Waals surface area contributed by atoms with Gasteiger partial charge in [0.1, 0.15) is 0 Å². The molecule has 2 aliphatic heterocycles. The van der Waals surface area contributed by atoms with E-state index < -0.39 is 0 Å². The highest BCUT2D eigenvalue weighted by atomic mass is 16.5. The molecule has 2 saturated heterocycles. The number of hydrogen-bond donors (Lipinski definition) is 1. The molecule has 3 unspecified atom stereocenters. The molecule has 2 heterocycles. The molecule has 0 bridgehead atoms. The number of piperidine rings is 1. The Balaban J connectivity index is 1.56. The Morgan fingerprint density at radius 2 is 2.20 bits per heavy atom. The van der Waals surface area contributed by atoms with E-state index in [4.69, 9.17) is 4.74 Å². The van der Waals surface area contributed by atoms with Crippen LogP contribution in [0.4, 0.5) is 0 Å². The average molecular weight is 211 g/mol. The normalized spacial score (nSPS) is 37.0. The van der Waals surface area contributed by atoms with Gasteiger partial charge in [0.25, 0.3) is 0 Å². The first-order valence-corrected chi connectivity index (χ1v) is 6.69. The van der Waals surface area contributed by atoms with Crippen LogP contribution in [0.3, 0.4) is 0 Å². The lowest BCUT2D eigenvalue weighted by molar-refractivity contribution is 0.100. The Bertz CT molecular complexity index is 177. The Labute approximate surface area is 93.8 Å². The minimum absolute atomic E-state index is 0.589. The highest BCUT2D eigenvalue weighted by Crippen LogP contribution is 2.22. The fourth-order valence-electron chi connectivity index (χ4n) is 2.90. The molecule has 0 amide bonds. The van der Waals surface area contributed by atoms with E-state index in [1.807, 2.05) is 0 Å². The third-order valence-electron chi connectivity index (χ3n) is 3.86. The van der Waals surface area contributed by atoms with Crippen LogP contribution in [0.2, 0.25) is 0 Å². The van der Waals surface area contributed by atoms with Crippen molar-refractivity contribution in [1.29, 1.82) is 0 Å². The summed E-state index contributed by atoms with van der Waals surface area (Å²) in [6, 6.07) is 0.787. The molecule has 2 fully saturated rings. The van der Waals surface area contributed by atoms with Gasteiger partial charge in [-0.2, -0.15) is 0 Å². The van der Waals surface area contributed by atoms with Crippen molar-refractivity contribution in [1.82, 2.24) is 5.32 Å². The summed E-state index contributed by atoms with van der Waals surface area (Å²) < 4.78 is 5.64. The molecular formula is C13H25NO. The fraction of sp³-hybridized carbons (Fsp3) is 1.00. The van der Waals surface area contributed by atoms with Gasteiger partial charge in [-0.1, -0.05) is 6.92 Å². The summed E-state index contributed by atoms with van der Waals surface area (Å²) >= 11 is 0. The molecule has 2 rings (SSSR count). The molecule has 0 saturated carbocycles. The van der Waals surface area contributed by atoms with Gasteiger partial charge in [0.15, 0.2) is 0 Å². The number of rotatable bonds is 4. The van der Waals surface area contributed by atoms with Crippen LogP contribution in [0.25, 0.3) is 0 Å². The maximum Gasteiger partial charge on any atom is 0.0576 e. The Morgan fingerprint density at radius 1 is 1.27 bits per heavy atom. The van der Waals surface area contributed by atoms with Gasteiger partial charge in [-0.05, 0) is 57.4 Å². The van der Waals surface area contributed by atoms with Gasteiger partial charge < -0.3 is 10.1 Å². The van der Waals surface area contributed by atoms with Gasteiger partial charge in [-0.15, -0.1) is 0 Å². The highest BCUT2D eigenvalue weighted by molar-refractivity contribution is 4.76. The summed E-state index contributed by atoms with van der Waals surface area (Å²) in [6.45, 7) is 4.61. The molecule has 3 atom stereocenters. The molecule has 0 aromatic carbocycles. The Hall–Kier alpha value is -0.0800.